The van der Waals surface area contributed by atoms with Gasteiger partial charge in [-0.25, -0.2) is 4.79 Å². The normalized spacial score (nSPS) is 22.5. The molecular formula is C10H19N3O3. The molecule has 0 spiro atoms. The van der Waals surface area contributed by atoms with E-state index >= 15 is 0 Å². The largest absolute Gasteiger partial charge is 0.468 e. The van der Waals surface area contributed by atoms with Gasteiger partial charge in [0.25, 0.3) is 0 Å². The molecule has 1 rings (SSSR count). The molecule has 2 amide bonds. The summed E-state index contributed by atoms with van der Waals surface area (Å²) in [5.41, 5.74) is 0. The van der Waals surface area contributed by atoms with E-state index < -0.39 is 6.04 Å². The van der Waals surface area contributed by atoms with Crippen LogP contribution in [0.3, 0.4) is 0 Å². The first-order chi connectivity index (χ1) is 7.56. The number of amides is 2. The van der Waals surface area contributed by atoms with Crippen LogP contribution in [0, 0.1) is 0 Å². The monoisotopic (exact) mass is 229 g/mol. The summed E-state index contributed by atoms with van der Waals surface area (Å²) in [5, 5.41) is 2.90. The number of carbonyl (C=O) groups is 2. The van der Waals surface area contributed by atoms with Gasteiger partial charge in [0, 0.05) is 20.1 Å². The maximum atomic E-state index is 11.8. The van der Waals surface area contributed by atoms with E-state index in [9.17, 15) is 9.59 Å². The number of nitrogens with zero attached hydrogens (tertiary/aromatic N) is 2. The van der Waals surface area contributed by atoms with E-state index in [1.165, 1.54) is 7.11 Å². The SMILES string of the molecule is CCN1CC(C(NC)C(=O)OC)N(C)C1=O. The van der Waals surface area contributed by atoms with Crippen LogP contribution in [0.15, 0.2) is 0 Å². The van der Waals surface area contributed by atoms with Crippen LogP contribution in [0.2, 0.25) is 0 Å². The fraction of sp³-hybridized carbons (Fsp3) is 0.800. The Morgan fingerprint density at radius 1 is 1.69 bits per heavy atom. The summed E-state index contributed by atoms with van der Waals surface area (Å²) in [7, 11) is 4.74. The number of rotatable bonds is 4. The number of methoxy groups -OCH3 is 1. The molecule has 1 heterocycles. The Morgan fingerprint density at radius 2 is 2.31 bits per heavy atom. The van der Waals surface area contributed by atoms with Crippen LogP contribution in [0.25, 0.3) is 0 Å². The number of hydrogen-bond acceptors (Lipinski definition) is 4. The minimum Gasteiger partial charge on any atom is -0.468 e. The van der Waals surface area contributed by atoms with Crippen LogP contribution in [-0.2, 0) is 9.53 Å². The number of esters is 1. The van der Waals surface area contributed by atoms with E-state index in [2.05, 4.69) is 5.32 Å². The second-order valence-electron chi connectivity index (χ2n) is 3.79. The maximum absolute atomic E-state index is 11.8. The lowest BCUT2D eigenvalue weighted by Gasteiger charge is -2.25. The predicted molar refractivity (Wildman–Crippen MR) is 59.1 cm³/mol. The third-order valence-corrected chi connectivity index (χ3v) is 3.01. The highest BCUT2D eigenvalue weighted by Gasteiger charge is 2.41. The van der Waals surface area contributed by atoms with Crippen LogP contribution >= 0.6 is 0 Å². The van der Waals surface area contributed by atoms with Crippen molar-refractivity contribution in [2.75, 3.05) is 34.3 Å². The van der Waals surface area contributed by atoms with Crippen molar-refractivity contribution in [2.24, 2.45) is 0 Å². The van der Waals surface area contributed by atoms with Gasteiger partial charge in [-0.15, -0.1) is 0 Å². The lowest BCUT2D eigenvalue weighted by molar-refractivity contribution is -0.144. The van der Waals surface area contributed by atoms with Crippen molar-refractivity contribution in [3.8, 4) is 0 Å². The molecule has 16 heavy (non-hydrogen) atoms. The van der Waals surface area contributed by atoms with Crippen molar-refractivity contribution >= 4 is 12.0 Å². The Morgan fingerprint density at radius 3 is 2.69 bits per heavy atom. The molecule has 2 atom stereocenters. The average molecular weight is 229 g/mol. The Bertz CT molecular complexity index is 282. The zero-order chi connectivity index (χ0) is 12.3. The topological polar surface area (TPSA) is 61.9 Å². The van der Waals surface area contributed by atoms with Gasteiger partial charge in [-0.1, -0.05) is 0 Å². The zero-order valence-corrected chi connectivity index (χ0v) is 10.2. The van der Waals surface area contributed by atoms with Crippen molar-refractivity contribution in [1.29, 1.82) is 0 Å². The molecule has 1 aliphatic heterocycles. The Balaban J connectivity index is 2.80. The van der Waals surface area contributed by atoms with Crippen molar-refractivity contribution in [2.45, 2.75) is 19.0 Å². The second-order valence-corrected chi connectivity index (χ2v) is 3.79. The van der Waals surface area contributed by atoms with Gasteiger partial charge >= 0.3 is 12.0 Å². The van der Waals surface area contributed by atoms with E-state index in [0.29, 0.717) is 13.1 Å². The van der Waals surface area contributed by atoms with Crippen LogP contribution in [-0.4, -0.2) is 68.2 Å². The van der Waals surface area contributed by atoms with E-state index in [1.54, 1.807) is 23.9 Å². The van der Waals surface area contributed by atoms with E-state index in [0.717, 1.165) is 0 Å². The van der Waals surface area contributed by atoms with Gasteiger partial charge in [0.15, 0.2) is 0 Å². The van der Waals surface area contributed by atoms with Crippen molar-refractivity contribution in [3.63, 3.8) is 0 Å². The molecule has 92 valence electrons. The highest BCUT2D eigenvalue weighted by atomic mass is 16.5. The van der Waals surface area contributed by atoms with Crippen LogP contribution in [0.4, 0.5) is 4.79 Å². The number of carbonyl (C=O) groups excluding carboxylic acids is 2. The van der Waals surface area contributed by atoms with Crippen molar-refractivity contribution in [1.82, 2.24) is 15.1 Å². The number of likely N-dealkylation sites (N-methyl/N-ethyl adjacent to an activating group) is 3. The van der Waals surface area contributed by atoms with Gasteiger partial charge in [0.2, 0.25) is 0 Å². The third-order valence-electron chi connectivity index (χ3n) is 3.01. The lowest BCUT2D eigenvalue weighted by Crippen LogP contribution is -2.51. The molecule has 6 heteroatoms. The minimum atomic E-state index is -0.476. The van der Waals surface area contributed by atoms with Gasteiger partial charge in [0.05, 0.1) is 13.2 Å². The van der Waals surface area contributed by atoms with Gasteiger partial charge in [0.1, 0.15) is 6.04 Å². The molecule has 0 aromatic rings. The lowest BCUT2D eigenvalue weighted by atomic mass is 10.1. The summed E-state index contributed by atoms with van der Waals surface area (Å²) in [6, 6.07) is -0.697. The minimum absolute atomic E-state index is 0.0448. The zero-order valence-electron chi connectivity index (χ0n) is 10.2. The molecule has 0 aliphatic carbocycles. The molecule has 0 radical (unpaired) electrons. The van der Waals surface area contributed by atoms with Gasteiger partial charge in [-0.2, -0.15) is 0 Å². The molecule has 1 N–H and O–H groups in total. The summed E-state index contributed by atoms with van der Waals surface area (Å²) in [6.07, 6.45) is 0. The first kappa shape index (κ1) is 12.8. The standard InChI is InChI=1S/C10H19N3O3/c1-5-13-6-7(12(3)10(13)15)8(11-2)9(14)16-4/h7-8,11H,5-6H2,1-4H3. The van der Waals surface area contributed by atoms with Crippen molar-refractivity contribution < 1.29 is 14.3 Å². The van der Waals surface area contributed by atoms with Gasteiger partial charge in [-0.05, 0) is 14.0 Å². The fourth-order valence-corrected chi connectivity index (χ4v) is 1.98. The number of hydrogen-bond donors (Lipinski definition) is 1. The molecule has 1 aliphatic rings. The molecule has 0 aromatic heterocycles. The van der Waals surface area contributed by atoms with Crippen molar-refractivity contribution in [3.05, 3.63) is 0 Å². The number of ether oxygens (including phenoxy) is 1. The first-order valence-corrected chi connectivity index (χ1v) is 5.33. The quantitative estimate of drug-likeness (QED) is 0.660. The van der Waals surface area contributed by atoms with E-state index in [4.69, 9.17) is 4.74 Å². The maximum Gasteiger partial charge on any atom is 0.325 e. The third kappa shape index (κ3) is 2.11. The summed E-state index contributed by atoms with van der Waals surface area (Å²) in [5.74, 6) is -0.342. The highest BCUT2D eigenvalue weighted by Crippen LogP contribution is 2.17. The molecule has 1 saturated heterocycles. The highest BCUT2D eigenvalue weighted by molar-refractivity contribution is 5.81. The van der Waals surface area contributed by atoms with Crippen LogP contribution < -0.4 is 5.32 Å². The molecule has 0 aromatic carbocycles. The molecular weight excluding hydrogens is 210 g/mol. The summed E-state index contributed by atoms with van der Waals surface area (Å²) in [6.45, 7) is 3.12. The van der Waals surface area contributed by atoms with Crippen LogP contribution in [0.5, 0.6) is 0 Å². The molecule has 1 fully saturated rings. The fourth-order valence-electron chi connectivity index (χ4n) is 1.98. The molecule has 0 bridgehead atoms. The Labute approximate surface area is 95.5 Å². The molecule has 6 nitrogen and oxygen atoms in total. The molecule has 2 unspecified atom stereocenters. The average Bonchev–Trinajstić information content (AvgIpc) is 2.58. The second kappa shape index (κ2) is 5.16. The summed E-state index contributed by atoms with van der Waals surface area (Å²) < 4.78 is 4.71. The van der Waals surface area contributed by atoms with Crippen LogP contribution in [0.1, 0.15) is 6.92 Å². The Hall–Kier alpha value is -1.30. The Kier molecular flexibility index (Phi) is 4.12. The van der Waals surface area contributed by atoms with Gasteiger partial charge in [-0.3, -0.25) is 4.79 Å². The summed E-state index contributed by atoms with van der Waals surface area (Å²) >= 11 is 0. The number of urea groups is 1. The van der Waals surface area contributed by atoms with E-state index in [1.807, 2.05) is 6.92 Å². The number of nitrogens with one attached hydrogen (secondary N) is 1. The predicted octanol–water partition coefficient (Wildman–Crippen LogP) is -0.497. The smallest absolute Gasteiger partial charge is 0.325 e. The molecule has 0 saturated carbocycles. The summed E-state index contributed by atoms with van der Waals surface area (Å²) in [4.78, 5) is 26.6. The van der Waals surface area contributed by atoms with E-state index in [-0.39, 0.29) is 18.0 Å². The van der Waals surface area contributed by atoms with Gasteiger partial charge < -0.3 is 19.9 Å². The first-order valence-electron chi connectivity index (χ1n) is 5.33.